The molecule has 0 atom stereocenters. The highest BCUT2D eigenvalue weighted by molar-refractivity contribution is 5.64. The Morgan fingerprint density at radius 3 is 1.89 bits per heavy atom. The average Bonchev–Trinajstić information content (AvgIpc) is 2.86. The van der Waals surface area contributed by atoms with Gasteiger partial charge in [-0.15, -0.1) is 0 Å². The molecule has 1 fully saturated rings. The molecule has 4 rings (SSSR count). The second kappa shape index (κ2) is 10.8. The predicted molar refractivity (Wildman–Crippen MR) is 127 cm³/mol. The first-order valence-corrected chi connectivity index (χ1v) is 12.2. The van der Waals surface area contributed by atoms with Gasteiger partial charge in [-0.3, -0.25) is 0 Å². The molecule has 0 bridgehead atoms. The summed E-state index contributed by atoms with van der Waals surface area (Å²) in [7, 11) is 0. The SMILES string of the molecule is CCCCC1CCC(c2ccc(-c3ccc(C(F)(F)Oc4cc(F)c(F)c(F)c4)cc3)cc2)CC1. The molecule has 0 spiro atoms. The van der Waals surface area contributed by atoms with Crippen molar-refractivity contribution >= 4 is 0 Å². The van der Waals surface area contributed by atoms with E-state index in [0.717, 1.165) is 17.0 Å². The van der Waals surface area contributed by atoms with E-state index < -0.39 is 34.9 Å². The van der Waals surface area contributed by atoms with Crippen molar-refractivity contribution < 1.29 is 26.7 Å². The molecule has 0 heterocycles. The number of hydrogen-bond acceptors (Lipinski definition) is 1. The van der Waals surface area contributed by atoms with Crippen LogP contribution < -0.4 is 4.74 Å². The molecule has 0 saturated heterocycles. The maximum absolute atomic E-state index is 14.5. The van der Waals surface area contributed by atoms with Crippen molar-refractivity contribution in [1.82, 2.24) is 0 Å². The van der Waals surface area contributed by atoms with Crippen LogP contribution in [-0.2, 0) is 6.11 Å². The van der Waals surface area contributed by atoms with Gasteiger partial charge in [-0.1, -0.05) is 62.6 Å². The van der Waals surface area contributed by atoms with E-state index in [0.29, 0.717) is 18.1 Å². The third-order valence-electron chi connectivity index (χ3n) is 6.95. The quantitative estimate of drug-likeness (QED) is 0.227. The van der Waals surface area contributed by atoms with Crippen molar-refractivity contribution in [2.24, 2.45) is 5.92 Å². The smallest absolute Gasteiger partial charge is 0.426 e. The summed E-state index contributed by atoms with van der Waals surface area (Å²) in [5.74, 6) is -4.31. The number of benzene rings is 3. The van der Waals surface area contributed by atoms with Crippen molar-refractivity contribution in [3.05, 3.63) is 89.2 Å². The van der Waals surface area contributed by atoms with Gasteiger partial charge >= 0.3 is 6.11 Å². The molecule has 6 heteroatoms. The summed E-state index contributed by atoms with van der Waals surface area (Å²) in [5.41, 5.74) is 2.50. The summed E-state index contributed by atoms with van der Waals surface area (Å²) in [6.45, 7) is 2.23. The molecule has 35 heavy (non-hydrogen) atoms. The number of ether oxygens (including phenoxy) is 1. The zero-order valence-corrected chi connectivity index (χ0v) is 19.7. The fourth-order valence-corrected chi connectivity index (χ4v) is 4.88. The van der Waals surface area contributed by atoms with Gasteiger partial charge in [-0.05, 0) is 66.3 Å². The molecule has 186 valence electrons. The zero-order valence-electron chi connectivity index (χ0n) is 19.7. The van der Waals surface area contributed by atoms with Crippen LogP contribution in [-0.4, -0.2) is 0 Å². The first kappa shape index (κ1) is 25.2. The van der Waals surface area contributed by atoms with E-state index >= 15 is 0 Å². The first-order valence-electron chi connectivity index (χ1n) is 12.2. The van der Waals surface area contributed by atoms with E-state index in [2.05, 4.69) is 23.8 Å². The van der Waals surface area contributed by atoms with E-state index in [1.165, 1.54) is 62.6 Å². The van der Waals surface area contributed by atoms with Gasteiger partial charge in [0.05, 0.1) is 5.56 Å². The maximum Gasteiger partial charge on any atom is 0.426 e. The van der Waals surface area contributed by atoms with E-state index in [9.17, 15) is 22.0 Å². The van der Waals surface area contributed by atoms with Crippen molar-refractivity contribution in [1.29, 1.82) is 0 Å². The summed E-state index contributed by atoms with van der Waals surface area (Å²) in [6.07, 6.45) is 5.02. The summed E-state index contributed by atoms with van der Waals surface area (Å²) in [6, 6.07) is 14.5. The topological polar surface area (TPSA) is 9.23 Å². The van der Waals surface area contributed by atoms with Crippen LogP contribution in [0.3, 0.4) is 0 Å². The van der Waals surface area contributed by atoms with E-state index in [1.54, 1.807) is 12.1 Å². The number of hydrogen-bond donors (Lipinski definition) is 0. The minimum Gasteiger partial charge on any atom is -0.429 e. The number of unbranched alkanes of at least 4 members (excludes halogenated alkanes) is 1. The van der Waals surface area contributed by atoms with Crippen LogP contribution in [0.1, 0.15) is 68.9 Å². The number of alkyl halides is 2. The van der Waals surface area contributed by atoms with Gasteiger partial charge in [0.25, 0.3) is 0 Å². The zero-order chi connectivity index (χ0) is 25.0. The fourth-order valence-electron chi connectivity index (χ4n) is 4.88. The molecule has 0 radical (unpaired) electrons. The van der Waals surface area contributed by atoms with Crippen molar-refractivity contribution in [3.8, 4) is 16.9 Å². The Labute approximate surface area is 202 Å². The lowest BCUT2D eigenvalue weighted by Gasteiger charge is -2.29. The van der Waals surface area contributed by atoms with Crippen LogP contribution >= 0.6 is 0 Å². The monoisotopic (exact) mass is 488 g/mol. The molecule has 1 saturated carbocycles. The highest BCUT2D eigenvalue weighted by Crippen LogP contribution is 2.38. The first-order chi connectivity index (χ1) is 16.8. The van der Waals surface area contributed by atoms with Gasteiger partial charge < -0.3 is 4.74 Å². The molecule has 3 aromatic carbocycles. The summed E-state index contributed by atoms with van der Waals surface area (Å²) >= 11 is 0. The van der Waals surface area contributed by atoms with Crippen molar-refractivity contribution in [2.75, 3.05) is 0 Å². The van der Waals surface area contributed by atoms with Crippen LogP contribution in [0.15, 0.2) is 60.7 Å². The van der Waals surface area contributed by atoms with Crippen LogP contribution in [0.4, 0.5) is 22.0 Å². The van der Waals surface area contributed by atoms with Crippen molar-refractivity contribution in [2.45, 2.75) is 63.9 Å². The van der Waals surface area contributed by atoms with E-state index in [1.807, 2.05) is 12.1 Å². The Morgan fingerprint density at radius 1 is 0.800 bits per heavy atom. The van der Waals surface area contributed by atoms with Crippen LogP contribution in [0.5, 0.6) is 5.75 Å². The standard InChI is InChI=1S/C29H29F5O/c1-2-3-4-19-5-7-20(8-6-19)21-9-11-22(12-10-21)23-13-15-24(16-14-23)29(33,34)35-25-17-26(30)28(32)27(31)18-25/h9-20H,2-8H2,1H3. The normalized spacial score (nSPS) is 18.5. The molecule has 1 aliphatic carbocycles. The molecule has 0 N–H and O–H groups in total. The molecule has 1 aliphatic rings. The van der Waals surface area contributed by atoms with Gasteiger partial charge in [0, 0.05) is 12.1 Å². The minimum atomic E-state index is -3.85. The average molecular weight is 489 g/mol. The maximum atomic E-state index is 14.5. The van der Waals surface area contributed by atoms with Crippen molar-refractivity contribution in [3.63, 3.8) is 0 Å². The molecule has 0 unspecified atom stereocenters. The predicted octanol–water partition coefficient (Wildman–Crippen LogP) is 9.36. The third kappa shape index (κ3) is 6.03. The van der Waals surface area contributed by atoms with Crippen LogP contribution in [0, 0.1) is 23.4 Å². The summed E-state index contributed by atoms with van der Waals surface area (Å²) < 4.78 is 73.3. The largest absolute Gasteiger partial charge is 0.429 e. The highest BCUT2D eigenvalue weighted by atomic mass is 19.3. The third-order valence-corrected chi connectivity index (χ3v) is 6.95. The second-order valence-electron chi connectivity index (χ2n) is 9.38. The Morgan fingerprint density at radius 2 is 1.34 bits per heavy atom. The molecular formula is C29H29F5O. The van der Waals surface area contributed by atoms with E-state index in [4.69, 9.17) is 0 Å². The molecule has 1 nitrogen and oxygen atoms in total. The molecular weight excluding hydrogens is 459 g/mol. The lowest BCUT2D eigenvalue weighted by atomic mass is 9.77. The Balaban J connectivity index is 1.40. The van der Waals surface area contributed by atoms with Gasteiger partial charge in [0.2, 0.25) is 0 Å². The lowest BCUT2D eigenvalue weighted by Crippen LogP contribution is -2.22. The fraction of sp³-hybridized carbons (Fsp3) is 0.379. The summed E-state index contributed by atoms with van der Waals surface area (Å²) in [4.78, 5) is 0. The summed E-state index contributed by atoms with van der Waals surface area (Å²) in [5, 5.41) is 0. The minimum absolute atomic E-state index is 0.389. The number of rotatable bonds is 8. The lowest BCUT2D eigenvalue weighted by molar-refractivity contribution is -0.185. The Kier molecular flexibility index (Phi) is 7.78. The van der Waals surface area contributed by atoms with Crippen LogP contribution in [0.25, 0.3) is 11.1 Å². The van der Waals surface area contributed by atoms with Gasteiger partial charge in [0.15, 0.2) is 17.5 Å². The molecule has 0 aliphatic heterocycles. The van der Waals surface area contributed by atoms with Gasteiger partial charge in [0.1, 0.15) is 5.75 Å². The highest BCUT2D eigenvalue weighted by Gasteiger charge is 2.35. The number of halogens is 5. The van der Waals surface area contributed by atoms with E-state index in [-0.39, 0.29) is 0 Å². The Hall–Kier alpha value is -2.89. The molecule has 0 amide bonds. The van der Waals surface area contributed by atoms with Gasteiger partial charge in [-0.25, -0.2) is 13.2 Å². The molecule has 0 aromatic heterocycles. The molecule has 3 aromatic rings. The second-order valence-corrected chi connectivity index (χ2v) is 9.38. The Bertz CT molecular complexity index is 1090. The van der Waals surface area contributed by atoms with Crippen LogP contribution in [0.2, 0.25) is 0 Å². The van der Waals surface area contributed by atoms with Gasteiger partial charge in [-0.2, -0.15) is 8.78 Å².